The van der Waals surface area contributed by atoms with Crippen molar-refractivity contribution in [3.63, 3.8) is 0 Å². The molecular weight excluding hydrogens is 436 g/mol. The fourth-order valence-corrected chi connectivity index (χ4v) is 10.5. The van der Waals surface area contributed by atoms with Crippen molar-refractivity contribution >= 4 is 17.5 Å². The molecule has 4 fully saturated rings. The molecule has 0 bridgehead atoms. The average Bonchev–Trinajstić information content (AvgIpc) is 3.03. The molecule has 0 radical (unpaired) electrons. The maximum atomic E-state index is 13.3. The SMILES string of the molecule is COC(=O)C(C)=C1C(=O)CC(C)C2C1CC1(C)C3=CCC4C(C)(C)C(=O)CCC4(C)C3CCC21C. The summed E-state index contributed by atoms with van der Waals surface area (Å²) in [5.74, 6) is 1.88. The quantitative estimate of drug-likeness (QED) is 0.245. The number of fused-ring (bicyclic) bond motifs is 7. The van der Waals surface area contributed by atoms with Crippen molar-refractivity contribution in [3.8, 4) is 0 Å². The minimum Gasteiger partial charge on any atom is -0.466 e. The van der Waals surface area contributed by atoms with Crippen LogP contribution in [-0.4, -0.2) is 24.6 Å². The summed E-state index contributed by atoms with van der Waals surface area (Å²) in [5.41, 5.74) is 2.81. The summed E-state index contributed by atoms with van der Waals surface area (Å²) >= 11 is 0. The van der Waals surface area contributed by atoms with Crippen LogP contribution < -0.4 is 0 Å². The highest BCUT2D eigenvalue weighted by Gasteiger charge is 2.69. The molecule has 0 heterocycles. The van der Waals surface area contributed by atoms with Crippen LogP contribution in [0.25, 0.3) is 0 Å². The number of allylic oxidation sites excluding steroid dienone is 3. The van der Waals surface area contributed by atoms with Gasteiger partial charge in [-0.1, -0.05) is 53.2 Å². The number of rotatable bonds is 1. The molecule has 5 rings (SSSR count). The van der Waals surface area contributed by atoms with Gasteiger partial charge in [-0.15, -0.1) is 0 Å². The first-order valence-electron chi connectivity index (χ1n) is 13.8. The van der Waals surface area contributed by atoms with Crippen molar-refractivity contribution in [3.05, 3.63) is 22.8 Å². The van der Waals surface area contributed by atoms with Crippen LogP contribution in [0.3, 0.4) is 0 Å². The second-order valence-corrected chi connectivity index (χ2v) is 13.9. The van der Waals surface area contributed by atoms with Gasteiger partial charge in [-0.2, -0.15) is 0 Å². The van der Waals surface area contributed by atoms with Crippen molar-refractivity contribution in [2.24, 2.45) is 51.2 Å². The summed E-state index contributed by atoms with van der Waals surface area (Å²) in [6.45, 7) is 15.8. The van der Waals surface area contributed by atoms with Gasteiger partial charge in [0, 0.05) is 29.4 Å². The Bertz CT molecular complexity index is 1060. The van der Waals surface area contributed by atoms with Gasteiger partial charge >= 0.3 is 5.97 Å². The molecule has 0 N–H and O–H groups in total. The maximum absolute atomic E-state index is 13.3. The summed E-state index contributed by atoms with van der Waals surface area (Å²) in [6, 6.07) is 0. The molecule has 0 saturated heterocycles. The Kier molecular flexibility index (Phi) is 5.45. The topological polar surface area (TPSA) is 60.4 Å². The van der Waals surface area contributed by atoms with Crippen molar-refractivity contribution < 1.29 is 19.1 Å². The minimum atomic E-state index is -0.369. The fraction of sp³-hybridized carbons (Fsp3) is 0.774. The summed E-state index contributed by atoms with van der Waals surface area (Å²) in [4.78, 5) is 38.8. The van der Waals surface area contributed by atoms with Crippen LogP contribution in [0.5, 0.6) is 0 Å². The van der Waals surface area contributed by atoms with E-state index in [-0.39, 0.29) is 39.3 Å². The number of ether oxygens (including phenoxy) is 1. The third kappa shape index (κ3) is 3.01. The molecular formula is C31H44O4. The van der Waals surface area contributed by atoms with Crippen molar-refractivity contribution in [2.45, 2.75) is 93.4 Å². The largest absolute Gasteiger partial charge is 0.466 e. The lowest BCUT2D eigenvalue weighted by Crippen LogP contribution is -2.57. The smallest absolute Gasteiger partial charge is 0.333 e. The molecule has 0 aromatic rings. The number of carbonyl (C=O) groups is 3. The van der Waals surface area contributed by atoms with E-state index in [9.17, 15) is 14.4 Å². The van der Waals surface area contributed by atoms with E-state index in [1.807, 2.05) is 0 Å². The first-order chi connectivity index (χ1) is 16.2. The zero-order chi connectivity index (χ0) is 25.7. The van der Waals surface area contributed by atoms with Crippen LogP contribution in [0.2, 0.25) is 0 Å². The number of ketones is 2. The Morgan fingerprint density at radius 3 is 2.43 bits per heavy atom. The van der Waals surface area contributed by atoms with Gasteiger partial charge in [0.15, 0.2) is 5.78 Å². The van der Waals surface area contributed by atoms with Crippen LogP contribution >= 0.6 is 0 Å². The highest BCUT2D eigenvalue weighted by atomic mass is 16.5. The van der Waals surface area contributed by atoms with Crippen molar-refractivity contribution in [1.82, 2.24) is 0 Å². The Labute approximate surface area is 211 Å². The monoisotopic (exact) mass is 480 g/mol. The van der Waals surface area contributed by atoms with E-state index < -0.39 is 0 Å². The summed E-state index contributed by atoms with van der Waals surface area (Å²) in [6.07, 6.45) is 8.94. The molecule has 8 atom stereocenters. The predicted molar refractivity (Wildman–Crippen MR) is 136 cm³/mol. The summed E-state index contributed by atoms with van der Waals surface area (Å²) < 4.78 is 5.06. The molecule has 35 heavy (non-hydrogen) atoms. The second-order valence-electron chi connectivity index (χ2n) is 13.9. The summed E-state index contributed by atoms with van der Waals surface area (Å²) in [5, 5.41) is 0. The molecule has 4 saturated carbocycles. The van der Waals surface area contributed by atoms with E-state index in [0.29, 0.717) is 47.9 Å². The molecule has 8 unspecified atom stereocenters. The molecule has 0 spiro atoms. The van der Waals surface area contributed by atoms with Crippen molar-refractivity contribution in [1.29, 1.82) is 0 Å². The Balaban J connectivity index is 1.62. The van der Waals surface area contributed by atoms with Gasteiger partial charge in [0.1, 0.15) is 5.78 Å². The first-order valence-corrected chi connectivity index (χ1v) is 13.8. The van der Waals surface area contributed by atoms with E-state index in [1.165, 1.54) is 7.11 Å². The lowest BCUT2D eigenvalue weighted by molar-refractivity contribution is -0.146. The number of methoxy groups -OCH3 is 1. The van der Waals surface area contributed by atoms with Crippen molar-refractivity contribution in [2.75, 3.05) is 7.11 Å². The van der Waals surface area contributed by atoms with Gasteiger partial charge in [0.2, 0.25) is 0 Å². The lowest BCUT2D eigenvalue weighted by Gasteiger charge is -2.63. The first kappa shape index (κ1) is 25.0. The van der Waals surface area contributed by atoms with Gasteiger partial charge in [0.25, 0.3) is 0 Å². The lowest BCUT2D eigenvalue weighted by atomic mass is 9.41. The molecule has 4 heteroatoms. The van der Waals surface area contributed by atoms with Gasteiger partial charge in [-0.25, -0.2) is 4.79 Å². The standard InChI is InChI=1S/C31H44O4/c1-17-15-22(32)25(18(2)27(34)35-8)19-16-31(7)21-9-10-23-28(3,4)24(33)12-13-29(23,5)20(21)11-14-30(31,6)26(17)19/h9,17,19-20,23,26H,10-16H2,1-8H3. The van der Waals surface area contributed by atoms with Gasteiger partial charge in [-0.3, -0.25) is 9.59 Å². The molecule has 5 aliphatic carbocycles. The van der Waals surface area contributed by atoms with Gasteiger partial charge in [-0.05, 0) is 84.9 Å². The Hall–Kier alpha value is -1.71. The molecule has 0 aliphatic heterocycles. The van der Waals surface area contributed by atoms with Crippen LogP contribution in [0.15, 0.2) is 22.8 Å². The highest BCUT2D eigenvalue weighted by molar-refractivity contribution is 6.04. The maximum Gasteiger partial charge on any atom is 0.333 e. The van der Waals surface area contributed by atoms with Crippen LogP contribution in [-0.2, 0) is 19.1 Å². The fourth-order valence-electron chi connectivity index (χ4n) is 10.5. The number of esters is 1. The van der Waals surface area contributed by atoms with E-state index in [2.05, 4.69) is 47.6 Å². The van der Waals surface area contributed by atoms with Crippen LogP contribution in [0.4, 0.5) is 0 Å². The van der Waals surface area contributed by atoms with E-state index in [4.69, 9.17) is 4.74 Å². The van der Waals surface area contributed by atoms with E-state index in [1.54, 1.807) is 12.5 Å². The third-order valence-corrected chi connectivity index (χ3v) is 12.4. The molecule has 0 aromatic heterocycles. The molecule has 0 amide bonds. The normalized spacial score (nSPS) is 47.7. The van der Waals surface area contributed by atoms with E-state index >= 15 is 0 Å². The molecule has 192 valence electrons. The Morgan fingerprint density at radius 1 is 1.09 bits per heavy atom. The zero-order valence-corrected chi connectivity index (χ0v) is 23.0. The minimum absolute atomic E-state index is 0.00857. The number of carbonyl (C=O) groups excluding carboxylic acids is 3. The van der Waals surface area contributed by atoms with Gasteiger partial charge < -0.3 is 4.74 Å². The number of hydrogen-bond donors (Lipinski definition) is 0. The highest BCUT2D eigenvalue weighted by Crippen LogP contribution is 2.75. The number of hydrogen-bond acceptors (Lipinski definition) is 4. The van der Waals surface area contributed by atoms with Crippen LogP contribution in [0, 0.1) is 51.2 Å². The third-order valence-electron chi connectivity index (χ3n) is 12.4. The number of Topliss-reactive ketones (excluding diaryl/α,β-unsaturated/α-hetero) is 2. The summed E-state index contributed by atoms with van der Waals surface area (Å²) in [7, 11) is 1.40. The van der Waals surface area contributed by atoms with E-state index in [0.717, 1.165) is 37.7 Å². The zero-order valence-electron chi connectivity index (χ0n) is 23.0. The predicted octanol–water partition coefficient (Wildman–Crippen LogP) is 6.49. The molecule has 0 aromatic carbocycles. The van der Waals surface area contributed by atoms with Crippen LogP contribution in [0.1, 0.15) is 93.4 Å². The Morgan fingerprint density at radius 2 is 1.77 bits per heavy atom. The molecule has 5 aliphatic rings. The van der Waals surface area contributed by atoms with Gasteiger partial charge in [0.05, 0.1) is 7.11 Å². The average molecular weight is 481 g/mol. The molecule has 4 nitrogen and oxygen atoms in total. The second kappa shape index (κ2) is 7.65.